The van der Waals surface area contributed by atoms with Crippen molar-refractivity contribution < 1.29 is 27.5 Å². The molecule has 7 nitrogen and oxygen atoms in total. The minimum absolute atomic E-state index is 0.00836. The lowest BCUT2D eigenvalue weighted by molar-refractivity contribution is 0.0316. The SMILES string of the molecule is CC(=O)c1c(C)[nH]c(C(=O)[C@H](C)OC(=O)c2cc(S(C)(=O)=O)ccc2C)c1C. The number of hydrogen-bond acceptors (Lipinski definition) is 6. The number of ether oxygens (including phenoxy) is 1. The summed E-state index contributed by atoms with van der Waals surface area (Å²) in [5.74, 6) is -1.43. The number of carbonyl (C=O) groups excluding carboxylic acids is 3. The van der Waals surface area contributed by atoms with Gasteiger partial charge in [-0.3, -0.25) is 9.59 Å². The van der Waals surface area contributed by atoms with Gasteiger partial charge in [-0.2, -0.15) is 0 Å². The molecule has 0 aliphatic carbocycles. The maximum atomic E-state index is 12.7. The summed E-state index contributed by atoms with van der Waals surface area (Å²) in [6.45, 7) is 7.84. The van der Waals surface area contributed by atoms with Crippen LogP contribution in [0.3, 0.4) is 0 Å². The van der Waals surface area contributed by atoms with Crippen molar-refractivity contribution in [2.24, 2.45) is 0 Å². The Morgan fingerprint density at radius 1 is 1.11 bits per heavy atom. The van der Waals surface area contributed by atoms with Crippen LogP contribution in [0.5, 0.6) is 0 Å². The van der Waals surface area contributed by atoms with Crippen LogP contribution < -0.4 is 0 Å². The number of hydrogen-bond donors (Lipinski definition) is 1. The average molecular weight is 405 g/mol. The highest BCUT2D eigenvalue weighted by atomic mass is 32.2. The summed E-state index contributed by atoms with van der Waals surface area (Å²) in [5.41, 5.74) is 2.34. The number of H-pyrrole nitrogens is 1. The second-order valence-corrected chi connectivity index (χ2v) is 8.86. The van der Waals surface area contributed by atoms with Gasteiger partial charge in [-0.1, -0.05) is 6.07 Å². The molecule has 0 aliphatic heterocycles. The predicted molar refractivity (Wildman–Crippen MR) is 104 cm³/mol. The zero-order valence-electron chi connectivity index (χ0n) is 16.7. The summed E-state index contributed by atoms with van der Waals surface area (Å²) in [7, 11) is -3.49. The van der Waals surface area contributed by atoms with E-state index in [2.05, 4.69) is 4.98 Å². The Labute approximate surface area is 164 Å². The van der Waals surface area contributed by atoms with E-state index in [1.54, 1.807) is 20.8 Å². The first-order chi connectivity index (χ1) is 12.8. The molecule has 1 aromatic carbocycles. The van der Waals surface area contributed by atoms with E-state index < -0.39 is 27.7 Å². The summed E-state index contributed by atoms with van der Waals surface area (Å²) >= 11 is 0. The number of ketones is 2. The summed E-state index contributed by atoms with van der Waals surface area (Å²) in [6, 6.07) is 4.16. The van der Waals surface area contributed by atoms with Gasteiger partial charge >= 0.3 is 5.97 Å². The first-order valence-corrected chi connectivity index (χ1v) is 10.5. The standard InChI is InChI=1S/C20H23NO6S/c1-10-7-8-15(28(6,25)26)9-16(10)20(24)27-14(5)19(23)18-11(2)17(13(4)22)12(3)21-18/h7-9,14,21H,1-6H3/t14-/m0/s1. The van der Waals surface area contributed by atoms with E-state index in [-0.39, 0.29) is 21.9 Å². The van der Waals surface area contributed by atoms with Crippen LogP contribution in [0.2, 0.25) is 0 Å². The molecule has 1 aromatic heterocycles. The molecule has 0 amide bonds. The van der Waals surface area contributed by atoms with Crippen molar-refractivity contribution in [1.82, 2.24) is 4.98 Å². The van der Waals surface area contributed by atoms with E-state index in [4.69, 9.17) is 4.74 Å². The average Bonchev–Trinajstić information content (AvgIpc) is 2.87. The second kappa shape index (κ2) is 7.71. The number of nitrogens with one attached hydrogen (secondary N) is 1. The van der Waals surface area contributed by atoms with Gasteiger partial charge in [0.05, 0.1) is 16.2 Å². The highest BCUT2D eigenvalue weighted by Gasteiger charge is 2.27. The molecule has 0 saturated carbocycles. The van der Waals surface area contributed by atoms with Crippen molar-refractivity contribution in [2.75, 3.05) is 6.26 Å². The molecule has 1 N–H and O–H groups in total. The fourth-order valence-corrected chi connectivity index (χ4v) is 3.70. The molecule has 28 heavy (non-hydrogen) atoms. The Hall–Kier alpha value is -2.74. The molecule has 0 bridgehead atoms. The molecule has 8 heteroatoms. The van der Waals surface area contributed by atoms with Gasteiger partial charge < -0.3 is 9.72 Å². The Morgan fingerprint density at radius 3 is 2.21 bits per heavy atom. The molecule has 0 saturated heterocycles. The van der Waals surface area contributed by atoms with Crippen LogP contribution in [-0.2, 0) is 14.6 Å². The van der Waals surface area contributed by atoms with E-state index in [0.717, 1.165) is 6.26 Å². The molecule has 2 rings (SSSR count). The molecule has 0 aliphatic rings. The van der Waals surface area contributed by atoms with E-state index in [0.29, 0.717) is 22.4 Å². The van der Waals surface area contributed by atoms with E-state index in [1.165, 1.54) is 32.0 Å². The summed E-state index contributed by atoms with van der Waals surface area (Å²) in [4.78, 5) is 39.9. The van der Waals surface area contributed by atoms with Crippen LogP contribution in [-0.4, -0.2) is 43.3 Å². The number of sulfone groups is 1. The number of aryl methyl sites for hydroxylation is 2. The molecule has 1 atom stereocenters. The number of aromatic nitrogens is 1. The molecule has 0 fully saturated rings. The van der Waals surface area contributed by atoms with Gasteiger partial charge in [0.1, 0.15) is 0 Å². The summed E-state index contributed by atoms with van der Waals surface area (Å²) in [6.07, 6.45) is -0.0765. The Bertz CT molecular complexity index is 1080. The first-order valence-electron chi connectivity index (χ1n) is 8.60. The largest absolute Gasteiger partial charge is 0.451 e. The number of Topliss-reactive ketones (excluding diaryl/α,β-unsaturated/α-hetero) is 2. The highest BCUT2D eigenvalue weighted by Crippen LogP contribution is 2.22. The van der Waals surface area contributed by atoms with Gasteiger partial charge in [-0.25, -0.2) is 13.2 Å². The number of benzene rings is 1. The van der Waals surface area contributed by atoms with Crippen molar-refractivity contribution in [3.8, 4) is 0 Å². The summed E-state index contributed by atoms with van der Waals surface area (Å²) < 4.78 is 28.7. The van der Waals surface area contributed by atoms with Crippen LogP contribution in [0.1, 0.15) is 61.9 Å². The van der Waals surface area contributed by atoms with Crippen LogP contribution >= 0.6 is 0 Å². The van der Waals surface area contributed by atoms with Gasteiger partial charge in [-0.05, 0) is 57.9 Å². The van der Waals surface area contributed by atoms with Gasteiger partial charge in [-0.15, -0.1) is 0 Å². The fraction of sp³-hybridized carbons (Fsp3) is 0.350. The number of esters is 1. The molecular weight excluding hydrogens is 382 g/mol. The van der Waals surface area contributed by atoms with Crippen LogP contribution in [0.15, 0.2) is 23.1 Å². The minimum Gasteiger partial charge on any atom is -0.451 e. The lowest BCUT2D eigenvalue weighted by atomic mass is 10.0. The number of rotatable bonds is 6. The van der Waals surface area contributed by atoms with Crippen LogP contribution in [0, 0.1) is 20.8 Å². The van der Waals surface area contributed by atoms with Gasteiger partial charge in [0, 0.05) is 17.5 Å². The van der Waals surface area contributed by atoms with E-state index in [9.17, 15) is 22.8 Å². The van der Waals surface area contributed by atoms with Crippen LogP contribution in [0.4, 0.5) is 0 Å². The first kappa shape index (κ1) is 21.6. The summed E-state index contributed by atoms with van der Waals surface area (Å²) in [5, 5.41) is 0. The van der Waals surface area contributed by atoms with Crippen molar-refractivity contribution in [3.05, 3.63) is 51.8 Å². The normalized spacial score (nSPS) is 12.5. The van der Waals surface area contributed by atoms with E-state index in [1.807, 2.05) is 0 Å². The monoisotopic (exact) mass is 405 g/mol. The quantitative estimate of drug-likeness (QED) is 0.584. The third kappa shape index (κ3) is 4.22. The number of aromatic amines is 1. The van der Waals surface area contributed by atoms with Gasteiger partial charge in [0.15, 0.2) is 21.7 Å². The molecule has 150 valence electrons. The molecule has 0 spiro atoms. The Balaban J connectivity index is 2.29. The smallest absolute Gasteiger partial charge is 0.339 e. The molecule has 2 aromatic rings. The lowest BCUT2D eigenvalue weighted by Crippen LogP contribution is -2.26. The van der Waals surface area contributed by atoms with Crippen molar-refractivity contribution >= 4 is 27.4 Å². The molecular formula is C20H23NO6S. The number of carbonyl (C=O) groups is 3. The maximum absolute atomic E-state index is 12.7. The minimum atomic E-state index is -3.49. The zero-order valence-corrected chi connectivity index (χ0v) is 17.5. The Morgan fingerprint density at radius 2 is 1.71 bits per heavy atom. The highest BCUT2D eigenvalue weighted by molar-refractivity contribution is 7.90. The Kier molecular flexibility index (Phi) is 5.94. The van der Waals surface area contributed by atoms with Gasteiger partial charge in [0.2, 0.25) is 5.78 Å². The van der Waals surface area contributed by atoms with Crippen molar-refractivity contribution in [3.63, 3.8) is 0 Å². The topological polar surface area (TPSA) is 110 Å². The third-order valence-corrected chi connectivity index (χ3v) is 5.66. The lowest BCUT2D eigenvalue weighted by Gasteiger charge is -2.14. The zero-order chi connectivity index (χ0) is 21.4. The molecule has 0 radical (unpaired) electrons. The van der Waals surface area contributed by atoms with Gasteiger partial charge in [0.25, 0.3) is 0 Å². The van der Waals surface area contributed by atoms with E-state index >= 15 is 0 Å². The van der Waals surface area contributed by atoms with Crippen LogP contribution in [0.25, 0.3) is 0 Å². The fourth-order valence-electron chi connectivity index (χ4n) is 3.06. The maximum Gasteiger partial charge on any atom is 0.339 e. The molecule has 1 heterocycles. The second-order valence-electron chi connectivity index (χ2n) is 6.84. The predicted octanol–water partition coefficient (Wildman–Crippen LogP) is 2.97. The van der Waals surface area contributed by atoms with Crippen molar-refractivity contribution in [2.45, 2.75) is 45.6 Å². The molecule has 0 unspecified atom stereocenters. The van der Waals surface area contributed by atoms with Crippen molar-refractivity contribution in [1.29, 1.82) is 0 Å². The third-order valence-electron chi connectivity index (χ3n) is 4.55.